The summed E-state index contributed by atoms with van der Waals surface area (Å²) in [5.74, 6) is -2.09. The number of thioether (sulfide) groups is 1. The quantitative estimate of drug-likeness (QED) is 0.286. The highest BCUT2D eigenvalue weighted by molar-refractivity contribution is 8.14. The largest absolute Gasteiger partial charge is 0.357 e. The Morgan fingerprint density at radius 1 is 0.810 bits per heavy atom. The van der Waals surface area contributed by atoms with E-state index < -0.39 is 29.1 Å². The maximum absolute atomic E-state index is 13.4. The van der Waals surface area contributed by atoms with Gasteiger partial charge in [-0.3, -0.25) is 33.7 Å². The van der Waals surface area contributed by atoms with Gasteiger partial charge in [-0.15, -0.1) is 0 Å². The van der Waals surface area contributed by atoms with E-state index in [1.54, 1.807) is 24.3 Å². The molecule has 3 N–H and O–H groups in total. The molecule has 10 nitrogen and oxygen atoms in total. The maximum atomic E-state index is 13.4. The fourth-order valence-corrected chi connectivity index (χ4v) is 5.65. The minimum absolute atomic E-state index is 0.0429. The highest BCUT2D eigenvalue weighted by atomic mass is 32.2. The van der Waals surface area contributed by atoms with Crippen LogP contribution >= 0.6 is 11.8 Å². The second-order valence-corrected chi connectivity index (χ2v) is 12.0. The topological polar surface area (TPSA) is 142 Å². The number of fused-ring (bicyclic) bond motifs is 1. The molecule has 11 heteroatoms. The van der Waals surface area contributed by atoms with Gasteiger partial charge in [0.15, 0.2) is 5.12 Å². The van der Waals surface area contributed by atoms with Crippen LogP contribution in [0.3, 0.4) is 0 Å². The van der Waals surface area contributed by atoms with Gasteiger partial charge < -0.3 is 16.0 Å². The SMILES string of the molecule is CNC(=O)[C@H](Cc1ccccc1)NC(=O)[C@H](CC(C)C)NC(=O)[C@H](CCCN1C(=O)c2ccccc2C1=O)SC(C)=O. The molecule has 0 aliphatic carbocycles. The first kappa shape index (κ1) is 32.5. The molecule has 0 unspecified atom stereocenters. The molecular formula is C31H38N4O6S. The average Bonchev–Trinajstić information content (AvgIpc) is 3.20. The van der Waals surface area contributed by atoms with E-state index in [1.807, 2.05) is 44.2 Å². The van der Waals surface area contributed by atoms with Gasteiger partial charge in [-0.1, -0.05) is 68.1 Å². The van der Waals surface area contributed by atoms with Crippen LogP contribution in [-0.2, 0) is 25.6 Å². The van der Waals surface area contributed by atoms with Gasteiger partial charge in [0, 0.05) is 26.9 Å². The first-order valence-corrected chi connectivity index (χ1v) is 14.9. The molecule has 3 atom stereocenters. The van der Waals surface area contributed by atoms with E-state index in [2.05, 4.69) is 16.0 Å². The Kier molecular flexibility index (Phi) is 11.8. The summed E-state index contributed by atoms with van der Waals surface area (Å²) < 4.78 is 0. The zero-order chi connectivity index (χ0) is 30.8. The third-order valence-electron chi connectivity index (χ3n) is 6.83. The third kappa shape index (κ3) is 8.75. The number of rotatable bonds is 14. The Bertz CT molecular complexity index is 1280. The van der Waals surface area contributed by atoms with Crippen LogP contribution in [0.15, 0.2) is 54.6 Å². The van der Waals surface area contributed by atoms with E-state index in [0.717, 1.165) is 22.2 Å². The Hall–Kier alpha value is -3.99. The summed E-state index contributed by atoms with van der Waals surface area (Å²) in [7, 11) is 1.49. The second kappa shape index (κ2) is 15.3. The molecule has 2 aromatic carbocycles. The van der Waals surface area contributed by atoms with Crippen LogP contribution in [0.4, 0.5) is 0 Å². The fraction of sp³-hybridized carbons (Fsp3) is 0.419. The lowest BCUT2D eigenvalue weighted by Gasteiger charge is -2.25. The number of nitrogens with one attached hydrogen (secondary N) is 3. The highest BCUT2D eigenvalue weighted by Crippen LogP contribution is 2.24. The number of carbonyl (C=O) groups excluding carboxylic acids is 6. The summed E-state index contributed by atoms with van der Waals surface area (Å²) in [6.07, 6.45) is 1.08. The summed E-state index contributed by atoms with van der Waals surface area (Å²) in [6, 6.07) is 14.1. The molecule has 5 amide bonds. The second-order valence-electron chi connectivity index (χ2n) is 10.6. The fourth-order valence-electron chi connectivity index (χ4n) is 4.79. The van der Waals surface area contributed by atoms with Crippen molar-refractivity contribution in [1.82, 2.24) is 20.9 Å². The molecule has 1 aliphatic heterocycles. The van der Waals surface area contributed by atoms with Crippen LogP contribution in [0, 0.1) is 5.92 Å². The molecule has 224 valence electrons. The maximum Gasteiger partial charge on any atom is 0.261 e. The molecule has 0 fully saturated rings. The van der Waals surface area contributed by atoms with Crippen LogP contribution in [0.5, 0.6) is 0 Å². The molecule has 1 heterocycles. The Morgan fingerprint density at radius 2 is 1.38 bits per heavy atom. The number of imide groups is 1. The smallest absolute Gasteiger partial charge is 0.261 e. The van der Waals surface area contributed by atoms with Crippen molar-refractivity contribution in [2.24, 2.45) is 5.92 Å². The minimum atomic E-state index is -0.938. The first-order valence-electron chi connectivity index (χ1n) is 14.0. The summed E-state index contributed by atoms with van der Waals surface area (Å²) in [4.78, 5) is 77.9. The molecule has 0 radical (unpaired) electrons. The minimum Gasteiger partial charge on any atom is -0.357 e. The van der Waals surface area contributed by atoms with E-state index in [0.29, 0.717) is 24.0 Å². The van der Waals surface area contributed by atoms with Crippen LogP contribution in [-0.4, -0.2) is 70.5 Å². The van der Waals surface area contributed by atoms with Crippen molar-refractivity contribution < 1.29 is 28.8 Å². The van der Waals surface area contributed by atoms with Crippen molar-refractivity contribution in [2.75, 3.05) is 13.6 Å². The molecule has 3 rings (SSSR count). The predicted molar refractivity (Wildman–Crippen MR) is 161 cm³/mol. The van der Waals surface area contributed by atoms with E-state index >= 15 is 0 Å². The van der Waals surface area contributed by atoms with Gasteiger partial charge in [0.25, 0.3) is 11.8 Å². The van der Waals surface area contributed by atoms with Crippen molar-refractivity contribution in [1.29, 1.82) is 0 Å². The molecule has 0 aromatic heterocycles. The van der Waals surface area contributed by atoms with Gasteiger partial charge in [-0.05, 0) is 42.9 Å². The van der Waals surface area contributed by atoms with E-state index in [-0.39, 0.29) is 48.1 Å². The Morgan fingerprint density at radius 3 is 1.93 bits per heavy atom. The molecule has 1 aliphatic rings. The van der Waals surface area contributed by atoms with Crippen LogP contribution < -0.4 is 16.0 Å². The normalized spacial score (nSPS) is 14.6. The lowest BCUT2D eigenvalue weighted by molar-refractivity contribution is -0.132. The van der Waals surface area contributed by atoms with Gasteiger partial charge in [-0.25, -0.2) is 0 Å². The Labute approximate surface area is 250 Å². The molecule has 0 saturated carbocycles. The zero-order valence-electron chi connectivity index (χ0n) is 24.3. The number of nitrogens with zero attached hydrogens (tertiary/aromatic N) is 1. The number of hydrogen-bond donors (Lipinski definition) is 3. The third-order valence-corrected chi connectivity index (χ3v) is 7.90. The van der Waals surface area contributed by atoms with E-state index in [4.69, 9.17) is 0 Å². The molecule has 0 bridgehead atoms. The van der Waals surface area contributed by atoms with Crippen molar-refractivity contribution >= 4 is 46.4 Å². The van der Waals surface area contributed by atoms with Gasteiger partial charge in [0.1, 0.15) is 12.1 Å². The molecule has 42 heavy (non-hydrogen) atoms. The van der Waals surface area contributed by atoms with Crippen molar-refractivity contribution in [2.45, 2.75) is 63.8 Å². The lowest BCUT2D eigenvalue weighted by Crippen LogP contribution is -2.55. The van der Waals surface area contributed by atoms with E-state index in [9.17, 15) is 28.8 Å². The van der Waals surface area contributed by atoms with E-state index in [1.165, 1.54) is 14.0 Å². The van der Waals surface area contributed by atoms with Crippen LogP contribution in [0.1, 0.15) is 66.3 Å². The number of hydrogen-bond acceptors (Lipinski definition) is 7. The molecular weight excluding hydrogens is 556 g/mol. The summed E-state index contributed by atoms with van der Waals surface area (Å²) in [6.45, 7) is 5.27. The molecule has 0 spiro atoms. The lowest BCUT2D eigenvalue weighted by atomic mass is 10.0. The average molecular weight is 595 g/mol. The van der Waals surface area contributed by atoms with Gasteiger partial charge in [0.2, 0.25) is 17.7 Å². The highest BCUT2D eigenvalue weighted by Gasteiger charge is 2.35. The Balaban J connectivity index is 1.67. The van der Waals surface area contributed by atoms with Gasteiger partial charge in [0.05, 0.1) is 16.4 Å². The zero-order valence-corrected chi connectivity index (χ0v) is 25.2. The van der Waals surface area contributed by atoms with Crippen molar-refractivity contribution in [3.63, 3.8) is 0 Å². The molecule has 2 aromatic rings. The number of benzene rings is 2. The summed E-state index contributed by atoms with van der Waals surface area (Å²) in [5, 5.41) is 7.04. The van der Waals surface area contributed by atoms with Crippen molar-refractivity contribution in [3.8, 4) is 0 Å². The number of likely N-dealkylation sites (N-methyl/N-ethyl adjacent to an activating group) is 1. The molecule has 0 saturated heterocycles. The van der Waals surface area contributed by atoms with Crippen molar-refractivity contribution in [3.05, 3.63) is 71.3 Å². The van der Waals surface area contributed by atoms with Gasteiger partial charge in [-0.2, -0.15) is 0 Å². The summed E-state index contributed by atoms with van der Waals surface area (Å²) >= 11 is 0.841. The van der Waals surface area contributed by atoms with Gasteiger partial charge >= 0.3 is 0 Å². The summed E-state index contributed by atoms with van der Waals surface area (Å²) in [5.41, 5.74) is 1.56. The first-order chi connectivity index (χ1) is 20.0. The standard InChI is InChI=1S/C31H38N4O6S/c1-19(2)17-24(28(38)33-25(27(37)32-4)18-21-11-6-5-7-12-21)34-29(39)26(42-20(3)36)15-10-16-35-30(40)22-13-8-9-14-23(22)31(35)41/h5-9,11-14,19,24-26H,10,15-18H2,1-4H3,(H,32,37)(H,33,38)(H,34,39)/t24-,25-,26-/m0/s1. The number of amides is 5. The monoisotopic (exact) mass is 594 g/mol. The number of carbonyl (C=O) groups is 6. The predicted octanol–water partition coefficient (Wildman–Crippen LogP) is 2.72. The van der Waals surface area contributed by atoms with Crippen LogP contribution in [0.25, 0.3) is 0 Å². The van der Waals surface area contributed by atoms with Crippen LogP contribution in [0.2, 0.25) is 0 Å².